The maximum absolute atomic E-state index is 13.2. The van der Waals surface area contributed by atoms with Gasteiger partial charge in [-0.15, -0.1) is 0 Å². The zero-order chi connectivity index (χ0) is 21.4. The van der Waals surface area contributed by atoms with Crippen molar-refractivity contribution in [1.29, 1.82) is 0 Å². The first-order valence-corrected chi connectivity index (χ1v) is 11.3. The summed E-state index contributed by atoms with van der Waals surface area (Å²) in [7, 11) is 0. The van der Waals surface area contributed by atoms with Gasteiger partial charge in [0.1, 0.15) is 12.1 Å². The summed E-state index contributed by atoms with van der Waals surface area (Å²) >= 11 is 0. The molecule has 3 saturated heterocycles. The molecule has 0 bridgehead atoms. The molecule has 0 saturated carbocycles. The van der Waals surface area contributed by atoms with Gasteiger partial charge < -0.3 is 25.8 Å². The second-order valence-corrected chi connectivity index (χ2v) is 8.93. The number of nitrogens with one attached hydrogen (secondary N) is 4. The molecule has 3 unspecified atom stereocenters. The zero-order valence-electron chi connectivity index (χ0n) is 17.5. The van der Waals surface area contributed by atoms with Crippen LogP contribution in [0.3, 0.4) is 0 Å². The molecule has 4 N–H and O–H groups in total. The lowest BCUT2D eigenvalue weighted by molar-refractivity contribution is -0.152. The van der Waals surface area contributed by atoms with Crippen molar-refractivity contribution in [2.24, 2.45) is 5.92 Å². The van der Waals surface area contributed by atoms with Crippen molar-refractivity contribution < 1.29 is 14.4 Å². The van der Waals surface area contributed by atoms with Crippen molar-refractivity contribution in [3.8, 4) is 0 Å². The molecular formula is C23H29N5O3. The van der Waals surface area contributed by atoms with Crippen molar-refractivity contribution in [2.75, 3.05) is 19.6 Å². The molecule has 0 aliphatic carbocycles. The molecule has 164 valence electrons. The van der Waals surface area contributed by atoms with Gasteiger partial charge in [0, 0.05) is 42.0 Å². The Hall–Kier alpha value is -2.87. The normalized spacial score (nSPS) is 27.1. The van der Waals surface area contributed by atoms with Crippen LogP contribution in [0.2, 0.25) is 0 Å². The number of hydrogen-bond donors (Lipinski definition) is 4. The number of aromatic nitrogens is 1. The van der Waals surface area contributed by atoms with Crippen LogP contribution in [0.5, 0.6) is 0 Å². The number of H-pyrrole nitrogens is 1. The van der Waals surface area contributed by atoms with E-state index in [0.717, 1.165) is 42.4 Å². The van der Waals surface area contributed by atoms with E-state index in [1.165, 1.54) is 0 Å². The van der Waals surface area contributed by atoms with Crippen LogP contribution in [0.15, 0.2) is 30.5 Å². The molecule has 3 aliphatic rings. The summed E-state index contributed by atoms with van der Waals surface area (Å²) in [5.41, 5.74) is 2.05. The molecule has 3 aliphatic heterocycles. The van der Waals surface area contributed by atoms with E-state index in [4.69, 9.17) is 0 Å². The number of piperidine rings is 2. The minimum atomic E-state index is -0.552. The van der Waals surface area contributed by atoms with E-state index in [9.17, 15) is 14.4 Å². The fourth-order valence-electron chi connectivity index (χ4n) is 5.20. The minimum absolute atomic E-state index is 0.0296. The van der Waals surface area contributed by atoms with Gasteiger partial charge in [0.25, 0.3) is 0 Å². The maximum atomic E-state index is 13.2. The van der Waals surface area contributed by atoms with E-state index in [0.29, 0.717) is 25.8 Å². The van der Waals surface area contributed by atoms with E-state index in [1.807, 2.05) is 30.5 Å². The topological polar surface area (TPSA) is 106 Å². The zero-order valence-corrected chi connectivity index (χ0v) is 17.5. The number of hydrogen-bond acceptors (Lipinski definition) is 4. The van der Waals surface area contributed by atoms with E-state index in [1.54, 1.807) is 4.90 Å². The van der Waals surface area contributed by atoms with Crippen molar-refractivity contribution >= 4 is 28.6 Å². The first-order valence-electron chi connectivity index (χ1n) is 11.3. The second kappa shape index (κ2) is 8.34. The number of piperazine rings is 1. The van der Waals surface area contributed by atoms with Gasteiger partial charge in [-0.1, -0.05) is 18.2 Å². The van der Waals surface area contributed by atoms with Crippen LogP contribution in [0.25, 0.3) is 10.9 Å². The highest BCUT2D eigenvalue weighted by atomic mass is 16.2. The summed E-state index contributed by atoms with van der Waals surface area (Å²) in [5.74, 6) is -0.0235. The number of benzene rings is 1. The third-order valence-electron chi connectivity index (χ3n) is 6.96. The number of para-hydroxylation sites is 1. The SMILES string of the molecule is O=C(NC1CCN2C(=O)C(Cc3c[nH]c4ccccc34)NC(=O)C2C1)C1CCNCC1. The molecule has 1 aromatic heterocycles. The largest absolute Gasteiger partial charge is 0.361 e. The Morgan fingerprint density at radius 2 is 1.94 bits per heavy atom. The van der Waals surface area contributed by atoms with Crippen LogP contribution in [0, 0.1) is 5.92 Å². The summed E-state index contributed by atoms with van der Waals surface area (Å²) in [6.45, 7) is 2.24. The summed E-state index contributed by atoms with van der Waals surface area (Å²) in [6, 6.07) is 6.85. The highest BCUT2D eigenvalue weighted by molar-refractivity contribution is 5.98. The Morgan fingerprint density at radius 3 is 2.77 bits per heavy atom. The van der Waals surface area contributed by atoms with Crippen LogP contribution < -0.4 is 16.0 Å². The molecule has 8 heteroatoms. The van der Waals surface area contributed by atoms with Crippen molar-refractivity contribution in [1.82, 2.24) is 25.8 Å². The Kier molecular flexibility index (Phi) is 5.40. The van der Waals surface area contributed by atoms with Crippen molar-refractivity contribution in [3.05, 3.63) is 36.0 Å². The van der Waals surface area contributed by atoms with Crippen molar-refractivity contribution in [3.63, 3.8) is 0 Å². The van der Waals surface area contributed by atoms with Crippen LogP contribution in [-0.2, 0) is 20.8 Å². The predicted octanol–water partition coefficient (Wildman–Crippen LogP) is 0.684. The summed E-state index contributed by atoms with van der Waals surface area (Å²) in [4.78, 5) is 43.6. The fraction of sp³-hybridized carbons (Fsp3) is 0.522. The van der Waals surface area contributed by atoms with Gasteiger partial charge in [-0.05, 0) is 50.4 Å². The van der Waals surface area contributed by atoms with E-state index >= 15 is 0 Å². The molecule has 5 rings (SSSR count). The Bertz CT molecular complexity index is 996. The molecule has 4 heterocycles. The number of nitrogens with zero attached hydrogens (tertiary/aromatic N) is 1. The lowest BCUT2D eigenvalue weighted by Crippen LogP contribution is -2.67. The number of amides is 3. The third kappa shape index (κ3) is 3.92. The van der Waals surface area contributed by atoms with Gasteiger partial charge in [-0.3, -0.25) is 14.4 Å². The molecule has 8 nitrogen and oxygen atoms in total. The smallest absolute Gasteiger partial charge is 0.246 e. The summed E-state index contributed by atoms with van der Waals surface area (Å²) in [6.07, 6.45) is 5.25. The summed E-state index contributed by atoms with van der Waals surface area (Å²) in [5, 5.41) is 10.4. The molecule has 0 radical (unpaired) electrons. The average Bonchev–Trinajstić information content (AvgIpc) is 3.21. The van der Waals surface area contributed by atoms with Gasteiger partial charge >= 0.3 is 0 Å². The van der Waals surface area contributed by atoms with E-state index < -0.39 is 12.1 Å². The molecule has 1 aromatic carbocycles. The number of carbonyl (C=O) groups excluding carboxylic acids is 3. The molecule has 3 amide bonds. The first kappa shape index (κ1) is 20.1. The average molecular weight is 424 g/mol. The van der Waals surface area contributed by atoms with Crippen molar-refractivity contribution in [2.45, 2.75) is 50.2 Å². The quantitative estimate of drug-likeness (QED) is 0.580. The van der Waals surface area contributed by atoms with Gasteiger partial charge in [0.15, 0.2) is 0 Å². The van der Waals surface area contributed by atoms with Crippen LogP contribution >= 0.6 is 0 Å². The van der Waals surface area contributed by atoms with E-state index in [-0.39, 0.29) is 29.7 Å². The van der Waals surface area contributed by atoms with Gasteiger partial charge in [0.05, 0.1) is 0 Å². The van der Waals surface area contributed by atoms with Gasteiger partial charge in [-0.2, -0.15) is 0 Å². The number of carbonyl (C=O) groups is 3. The molecule has 0 spiro atoms. The Labute approximate surface area is 181 Å². The van der Waals surface area contributed by atoms with Crippen LogP contribution in [0.1, 0.15) is 31.2 Å². The number of rotatable bonds is 4. The number of fused-ring (bicyclic) bond motifs is 2. The highest BCUT2D eigenvalue weighted by Crippen LogP contribution is 2.26. The fourth-order valence-corrected chi connectivity index (χ4v) is 5.20. The second-order valence-electron chi connectivity index (χ2n) is 8.93. The third-order valence-corrected chi connectivity index (χ3v) is 6.96. The standard InChI is InChI=1S/C23H29N5O3/c29-21(14-5-8-24-9-6-14)26-16-7-10-28-20(12-16)22(30)27-19(23(28)31)11-15-13-25-18-4-2-1-3-17(15)18/h1-4,13-14,16,19-20,24-25H,5-12H2,(H,26,29)(H,27,30). The lowest BCUT2D eigenvalue weighted by atomic mass is 9.90. The Morgan fingerprint density at radius 1 is 1.13 bits per heavy atom. The monoisotopic (exact) mass is 423 g/mol. The Balaban J connectivity index is 1.23. The van der Waals surface area contributed by atoms with E-state index in [2.05, 4.69) is 20.9 Å². The van der Waals surface area contributed by atoms with Gasteiger partial charge in [0.2, 0.25) is 17.7 Å². The van der Waals surface area contributed by atoms with Gasteiger partial charge in [-0.25, -0.2) is 0 Å². The highest BCUT2D eigenvalue weighted by Gasteiger charge is 2.44. The molecular weight excluding hydrogens is 394 g/mol. The lowest BCUT2D eigenvalue weighted by Gasteiger charge is -2.44. The maximum Gasteiger partial charge on any atom is 0.246 e. The molecule has 2 aromatic rings. The molecule has 3 fully saturated rings. The first-order chi connectivity index (χ1) is 15.1. The van der Waals surface area contributed by atoms with Crippen LogP contribution in [0.4, 0.5) is 0 Å². The predicted molar refractivity (Wildman–Crippen MR) is 116 cm³/mol. The minimum Gasteiger partial charge on any atom is -0.361 e. The van der Waals surface area contributed by atoms with Crippen LogP contribution in [-0.4, -0.2) is 65.4 Å². The molecule has 31 heavy (non-hydrogen) atoms. The molecule has 3 atom stereocenters. The number of aromatic amines is 1. The summed E-state index contributed by atoms with van der Waals surface area (Å²) < 4.78 is 0.